The zero-order valence-corrected chi connectivity index (χ0v) is 18.3. The first-order valence-electron chi connectivity index (χ1n) is 10.3. The third kappa shape index (κ3) is 5.81. The van der Waals surface area contributed by atoms with Gasteiger partial charge in [0.25, 0.3) is 0 Å². The lowest BCUT2D eigenvalue weighted by molar-refractivity contribution is -0.145. The Morgan fingerprint density at radius 2 is 1.75 bits per heavy atom. The number of hydrogen-bond donors (Lipinski definition) is 1. The number of rotatable bonds is 5. The normalized spacial score (nSPS) is 18.6. The van der Waals surface area contributed by atoms with Gasteiger partial charge >= 0.3 is 5.97 Å². The van der Waals surface area contributed by atoms with Gasteiger partial charge in [-0.05, 0) is 67.3 Å². The minimum Gasteiger partial charge on any atom is -0.480 e. The van der Waals surface area contributed by atoms with Crippen molar-refractivity contribution >= 4 is 11.9 Å². The van der Waals surface area contributed by atoms with E-state index in [0.29, 0.717) is 0 Å². The van der Waals surface area contributed by atoms with Crippen LogP contribution in [0.25, 0.3) is 0 Å². The number of aliphatic carboxylic acids is 1. The second kappa shape index (κ2) is 9.08. The lowest BCUT2D eigenvalue weighted by Gasteiger charge is -2.29. The Morgan fingerprint density at radius 1 is 1.14 bits per heavy atom. The van der Waals surface area contributed by atoms with Crippen LogP contribution in [0.4, 0.5) is 0 Å². The highest BCUT2D eigenvalue weighted by atomic mass is 16.4. The zero-order chi connectivity index (χ0) is 21.1. The Labute approximate surface area is 169 Å². The second-order valence-electron chi connectivity index (χ2n) is 9.24. The quantitative estimate of drug-likeness (QED) is 0.831. The number of benzene rings is 1. The van der Waals surface area contributed by atoms with E-state index in [2.05, 4.69) is 51.7 Å². The van der Waals surface area contributed by atoms with E-state index in [0.717, 1.165) is 38.9 Å². The predicted octanol–water partition coefficient (Wildman–Crippen LogP) is 3.89. The van der Waals surface area contributed by atoms with Crippen LogP contribution in [-0.2, 0) is 21.5 Å². The summed E-state index contributed by atoms with van der Waals surface area (Å²) in [6.07, 6.45) is 2.67. The minimum absolute atomic E-state index is 0.0176. The summed E-state index contributed by atoms with van der Waals surface area (Å²) < 4.78 is 0. The summed E-state index contributed by atoms with van der Waals surface area (Å²) in [4.78, 5) is 27.0. The highest BCUT2D eigenvalue weighted by molar-refractivity contribution is 5.79. The largest absolute Gasteiger partial charge is 0.480 e. The summed E-state index contributed by atoms with van der Waals surface area (Å²) >= 11 is 0. The fourth-order valence-electron chi connectivity index (χ4n) is 4.15. The Bertz CT molecular complexity index is 698. The van der Waals surface area contributed by atoms with Crippen molar-refractivity contribution in [3.63, 3.8) is 0 Å². The number of carbonyl (C=O) groups excluding carboxylic acids is 1. The molecule has 1 heterocycles. The molecule has 1 amide bonds. The van der Waals surface area contributed by atoms with Crippen LogP contribution in [0.2, 0.25) is 0 Å². The van der Waals surface area contributed by atoms with Crippen molar-refractivity contribution in [2.24, 2.45) is 0 Å². The van der Waals surface area contributed by atoms with E-state index in [1.165, 1.54) is 34.1 Å². The molecule has 0 radical (unpaired) electrons. The SMILES string of the molecule is CC(=O)N(CC(=O)O)C1CCCN(Cc2c(C)cc(C(C)(C)C)cc2C)CC1. The third-order valence-electron chi connectivity index (χ3n) is 5.88. The van der Waals surface area contributed by atoms with Crippen molar-refractivity contribution in [1.82, 2.24) is 9.80 Å². The standard InChI is InChI=1S/C23H36N2O3/c1-16-12-19(23(4,5)6)13-17(2)21(16)14-24-10-7-8-20(9-11-24)25(18(3)26)15-22(27)28/h12-13,20H,7-11,14-15H2,1-6H3,(H,27,28). The van der Waals surface area contributed by atoms with Gasteiger partial charge in [0.2, 0.25) is 5.91 Å². The van der Waals surface area contributed by atoms with Gasteiger partial charge in [0.1, 0.15) is 6.54 Å². The number of aryl methyl sites for hydroxylation is 2. The van der Waals surface area contributed by atoms with Gasteiger partial charge in [-0.25, -0.2) is 0 Å². The van der Waals surface area contributed by atoms with Crippen LogP contribution in [0.3, 0.4) is 0 Å². The molecule has 1 aromatic rings. The van der Waals surface area contributed by atoms with Gasteiger partial charge in [-0.15, -0.1) is 0 Å². The van der Waals surface area contributed by atoms with E-state index in [-0.39, 0.29) is 23.9 Å². The molecular formula is C23H36N2O3. The summed E-state index contributed by atoms with van der Waals surface area (Å²) in [5.41, 5.74) is 5.57. The van der Waals surface area contributed by atoms with Crippen LogP contribution in [0, 0.1) is 13.8 Å². The van der Waals surface area contributed by atoms with Crippen molar-refractivity contribution in [1.29, 1.82) is 0 Å². The van der Waals surface area contributed by atoms with Crippen LogP contribution in [0.5, 0.6) is 0 Å². The summed E-state index contributed by atoms with van der Waals surface area (Å²) in [6, 6.07) is 4.64. The number of likely N-dealkylation sites (tertiary alicyclic amines) is 1. The van der Waals surface area contributed by atoms with Crippen LogP contribution in [0.15, 0.2) is 12.1 Å². The molecular weight excluding hydrogens is 352 g/mol. The molecule has 1 aromatic carbocycles. The van der Waals surface area contributed by atoms with E-state index < -0.39 is 5.97 Å². The van der Waals surface area contributed by atoms with Crippen LogP contribution >= 0.6 is 0 Å². The number of hydrogen-bond acceptors (Lipinski definition) is 3. The van der Waals surface area contributed by atoms with Crippen LogP contribution in [-0.4, -0.2) is 52.5 Å². The summed E-state index contributed by atoms with van der Waals surface area (Å²) in [7, 11) is 0. The van der Waals surface area contributed by atoms with Gasteiger partial charge in [0.15, 0.2) is 0 Å². The summed E-state index contributed by atoms with van der Waals surface area (Å²) in [5, 5.41) is 9.12. The van der Waals surface area contributed by atoms with E-state index >= 15 is 0 Å². The molecule has 1 aliphatic heterocycles. The van der Waals surface area contributed by atoms with Gasteiger partial charge < -0.3 is 10.0 Å². The Balaban J connectivity index is 2.09. The van der Waals surface area contributed by atoms with E-state index in [4.69, 9.17) is 5.11 Å². The Morgan fingerprint density at radius 3 is 2.25 bits per heavy atom. The first-order chi connectivity index (χ1) is 13.0. The van der Waals surface area contributed by atoms with Crippen molar-refractivity contribution < 1.29 is 14.7 Å². The lowest BCUT2D eigenvalue weighted by atomic mass is 9.83. The van der Waals surface area contributed by atoms with Gasteiger partial charge in [-0.1, -0.05) is 32.9 Å². The lowest BCUT2D eigenvalue weighted by Crippen LogP contribution is -2.42. The van der Waals surface area contributed by atoms with Gasteiger partial charge in [0.05, 0.1) is 0 Å². The maximum Gasteiger partial charge on any atom is 0.323 e. The number of nitrogens with zero attached hydrogens (tertiary/aromatic N) is 2. The molecule has 0 spiro atoms. The molecule has 0 aromatic heterocycles. The number of amides is 1. The zero-order valence-electron chi connectivity index (χ0n) is 18.3. The maximum atomic E-state index is 11.9. The first kappa shape index (κ1) is 22.4. The predicted molar refractivity (Wildman–Crippen MR) is 113 cm³/mol. The Kier molecular flexibility index (Phi) is 7.27. The van der Waals surface area contributed by atoms with E-state index in [1.807, 2.05) is 0 Å². The van der Waals surface area contributed by atoms with Gasteiger partial charge in [0, 0.05) is 26.1 Å². The molecule has 1 N–H and O–H groups in total. The van der Waals surface area contributed by atoms with Crippen molar-refractivity contribution in [2.75, 3.05) is 19.6 Å². The molecule has 28 heavy (non-hydrogen) atoms. The average Bonchev–Trinajstić information content (AvgIpc) is 2.80. The van der Waals surface area contributed by atoms with Gasteiger partial charge in [-0.2, -0.15) is 0 Å². The molecule has 1 unspecified atom stereocenters. The monoisotopic (exact) mass is 388 g/mol. The van der Waals surface area contributed by atoms with Crippen LogP contribution in [0.1, 0.15) is 69.2 Å². The summed E-state index contributed by atoms with van der Waals surface area (Å²) in [5.74, 6) is -1.09. The van der Waals surface area contributed by atoms with E-state index in [9.17, 15) is 9.59 Å². The summed E-state index contributed by atoms with van der Waals surface area (Å²) in [6.45, 7) is 15.2. The molecule has 5 heteroatoms. The molecule has 156 valence electrons. The molecule has 0 saturated carbocycles. The maximum absolute atomic E-state index is 11.9. The fourth-order valence-corrected chi connectivity index (χ4v) is 4.15. The fraction of sp³-hybridized carbons (Fsp3) is 0.652. The second-order valence-corrected chi connectivity index (χ2v) is 9.24. The van der Waals surface area contributed by atoms with Crippen molar-refractivity contribution in [3.8, 4) is 0 Å². The molecule has 2 rings (SSSR count). The third-order valence-corrected chi connectivity index (χ3v) is 5.88. The molecule has 0 aliphatic carbocycles. The molecule has 1 atom stereocenters. The topological polar surface area (TPSA) is 60.9 Å². The molecule has 5 nitrogen and oxygen atoms in total. The number of carboxylic acid groups (broad SMARTS) is 1. The molecule has 1 fully saturated rings. The first-order valence-corrected chi connectivity index (χ1v) is 10.3. The number of carboxylic acids is 1. The average molecular weight is 389 g/mol. The van der Waals surface area contributed by atoms with E-state index in [1.54, 1.807) is 0 Å². The highest BCUT2D eigenvalue weighted by Crippen LogP contribution is 2.28. The Hall–Kier alpha value is -1.88. The highest BCUT2D eigenvalue weighted by Gasteiger charge is 2.26. The van der Waals surface area contributed by atoms with Crippen LogP contribution < -0.4 is 0 Å². The molecule has 0 bridgehead atoms. The molecule has 1 aliphatic rings. The van der Waals surface area contributed by atoms with Crippen molar-refractivity contribution in [3.05, 3.63) is 34.4 Å². The van der Waals surface area contributed by atoms with Crippen molar-refractivity contribution in [2.45, 2.75) is 78.8 Å². The minimum atomic E-state index is -0.943. The number of carbonyl (C=O) groups is 2. The van der Waals surface area contributed by atoms with Gasteiger partial charge in [-0.3, -0.25) is 14.5 Å². The molecule has 1 saturated heterocycles. The smallest absolute Gasteiger partial charge is 0.323 e.